The molecular weight excluding hydrogens is 228 g/mol. The summed E-state index contributed by atoms with van der Waals surface area (Å²) >= 11 is 6.15. The number of hydrogen-bond acceptors (Lipinski definition) is 0. The minimum Gasteiger partial charge on any atom is -0.126 e. The Labute approximate surface area is 109 Å². The lowest BCUT2D eigenvalue weighted by Gasteiger charge is -2.18. The Morgan fingerprint density at radius 3 is 2.41 bits per heavy atom. The molecule has 0 fully saturated rings. The highest BCUT2D eigenvalue weighted by Gasteiger charge is 2.14. The van der Waals surface area contributed by atoms with Crippen molar-refractivity contribution in [3.8, 4) is 0 Å². The largest absolute Gasteiger partial charge is 0.126 e. The first-order chi connectivity index (χ1) is 8.22. The van der Waals surface area contributed by atoms with Crippen LogP contribution in [0.5, 0.6) is 0 Å². The first-order valence-corrected chi connectivity index (χ1v) is 6.79. The molecule has 0 aliphatic heterocycles. The van der Waals surface area contributed by atoms with Gasteiger partial charge in [-0.2, -0.15) is 0 Å². The van der Waals surface area contributed by atoms with Crippen LogP contribution in [0.3, 0.4) is 0 Å². The van der Waals surface area contributed by atoms with Gasteiger partial charge < -0.3 is 0 Å². The van der Waals surface area contributed by atoms with Crippen molar-refractivity contribution in [1.82, 2.24) is 0 Å². The standard InChI is InChI=1S/C16H19Cl/c1-12(2)10-14(11-17)16-9-5-7-13-6-3-4-8-15(13)16/h3-9,12,14H,10-11H2,1-2H3. The summed E-state index contributed by atoms with van der Waals surface area (Å²) in [6.45, 7) is 4.51. The second-order valence-electron chi connectivity index (χ2n) is 5.05. The van der Waals surface area contributed by atoms with Crippen LogP contribution in [0.15, 0.2) is 42.5 Å². The molecule has 0 radical (unpaired) electrons. The van der Waals surface area contributed by atoms with E-state index >= 15 is 0 Å². The van der Waals surface area contributed by atoms with Crippen molar-refractivity contribution >= 4 is 22.4 Å². The fourth-order valence-corrected chi connectivity index (χ4v) is 2.74. The van der Waals surface area contributed by atoms with Crippen LogP contribution >= 0.6 is 11.6 Å². The van der Waals surface area contributed by atoms with Gasteiger partial charge in [-0.05, 0) is 34.6 Å². The van der Waals surface area contributed by atoms with Crippen LogP contribution in [0.1, 0.15) is 31.7 Å². The summed E-state index contributed by atoms with van der Waals surface area (Å²) in [6, 6.07) is 15.1. The van der Waals surface area contributed by atoms with Crippen molar-refractivity contribution in [3.05, 3.63) is 48.0 Å². The van der Waals surface area contributed by atoms with Crippen LogP contribution in [0.4, 0.5) is 0 Å². The molecule has 2 rings (SSSR count). The van der Waals surface area contributed by atoms with Gasteiger partial charge in [-0.25, -0.2) is 0 Å². The Hall–Kier alpha value is -1.01. The highest BCUT2D eigenvalue weighted by molar-refractivity contribution is 6.18. The summed E-state index contributed by atoms with van der Waals surface area (Å²) in [6.07, 6.45) is 1.15. The third-order valence-corrected chi connectivity index (χ3v) is 3.58. The van der Waals surface area contributed by atoms with Gasteiger partial charge in [0.2, 0.25) is 0 Å². The zero-order valence-corrected chi connectivity index (χ0v) is 11.2. The molecule has 1 heteroatoms. The predicted molar refractivity (Wildman–Crippen MR) is 76.9 cm³/mol. The fourth-order valence-electron chi connectivity index (χ4n) is 2.45. The molecule has 0 N–H and O–H groups in total. The average Bonchev–Trinajstić information content (AvgIpc) is 2.35. The zero-order valence-electron chi connectivity index (χ0n) is 10.5. The molecule has 17 heavy (non-hydrogen) atoms. The molecular formula is C16H19Cl. The van der Waals surface area contributed by atoms with Gasteiger partial charge >= 0.3 is 0 Å². The third kappa shape index (κ3) is 2.81. The van der Waals surface area contributed by atoms with Crippen molar-refractivity contribution in [2.24, 2.45) is 5.92 Å². The minimum absolute atomic E-state index is 0.461. The van der Waals surface area contributed by atoms with Crippen LogP contribution in [0, 0.1) is 5.92 Å². The van der Waals surface area contributed by atoms with E-state index in [-0.39, 0.29) is 0 Å². The molecule has 2 aromatic rings. The van der Waals surface area contributed by atoms with Gasteiger partial charge in [0.1, 0.15) is 0 Å². The Morgan fingerprint density at radius 2 is 1.71 bits per heavy atom. The number of hydrogen-bond donors (Lipinski definition) is 0. The molecule has 2 aromatic carbocycles. The summed E-state index contributed by atoms with van der Waals surface area (Å²) in [5.74, 6) is 1.84. The molecule has 90 valence electrons. The SMILES string of the molecule is CC(C)CC(CCl)c1cccc2ccccc12. The third-order valence-electron chi connectivity index (χ3n) is 3.21. The van der Waals surface area contributed by atoms with E-state index in [0.717, 1.165) is 6.42 Å². The maximum absolute atomic E-state index is 6.15. The highest BCUT2D eigenvalue weighted by Crippen LogP contribution is 2.30. The molecule has 0 saturated carbocycles. The molecule has 0 heterocycles. The molecule has 0 nitrogen and oxygen atoms in total. The smallest absolute Gasteiger partial charge is 0.0292 e. The Balaban J connectivity index is 2.46. The summed E-state index contributed by atoms with van der Waals surface area (Å²) in [4.78, 5) is 0. The van der Waals surface area contributed by atoms with Crippen LogP contribution in [-0.4, -0.2) is 5.88 Å². The van der Waals surface area contributed by atoms with E-state index < -0.39 is 0 Å². The quantitative estimate of drug-likeness (QED) is 0.650. The van der Waals surface area contributed by atoms with Gasteiger partial charge in [0.05, 0.1) is 0 Å². The van der Waals surface area contributed by atoms with E-state index in [9.17, 15) is 0 Å². The monoisotopic (exact) mass is 246 g/mol. The first kappa shape index (κ1) is 12.4. The van der Waals surface area contributed by atoms with E-state index in [1.165, 1.54) is 16.3 Å². The topological polar surface area (TPSA) is 0 Å². The molecule has 1 atom stereocenters. The van der Waals surface area contributed by atoms with Crippen LogP contribution in [0.2, 0.25) is 0 Å². The van der Waals surface area contributed by atoms with Gasteiger partial charge in [-0.15, -0.1) is 11.6 Å². The Kier molecular flexibility index (Phi) is 4.06. The maximum Gasteiger partial charge on any atom is 0.0292 e. The second kappa shape index (κ2) is 5.55. The molecule has 0 aliphatic rings. The normalized spacial score (nSPS) is 13.2. The lowest BCUT2D eigenvalue weighted by atomic mass is 9.88. The molecule has 0 aromatic heterocycles. The van der Waals surface area contributed by atoms with Crippen molar-refractivity contribution in [1.29, 1.82) is 0 Å². The van der Waals surface area contributed by atoms with Gasteiger partial charge in [-0.3, -0.25) is 0 Å². The summed E-state index contributed by atoms with van der Waals surface area (Å²) in [5.41, 5.74) is 1.40. The lowest BCUT2D eigenvalue weighted by molar-refractivity contribution is 0.528. The van der Waals surface area contributed by atoms with E-state index in [0.29, 0.717) is 17.7 Å². The zero-order chi connectivity index (χ0) is 12.3. The predicted octanol–water partition coefficient (Wildman–Crippen LogP) is 5.21. The van der Waals surface area contributed by atoms with Gasteiger partial charge in [0, 0.05) is 5.88 Å². The van der Waals surface area contributed by atoms with Gasteiger partial charge in [0.25, 0.3) is 0 Å². The van der Waals surface area contributed by atoms with Crippen molar-refractivity contribution in [2.75, 3.05) is 5.88 Å². The van der Waals surface area contributed by atoms with Crippen LogP contribution < -0.4 is 0 Å². The minimum atomic E-state index is 0.461. The van der Waals surface area contributed by atoms with Crippen molar-refractivity contribution < 1.29 is 0 Å². The van der Waals surface area contributed by atoms with Crippen LogP contribution in [-0.2, 0) is 0 Å². The highest BCUT2D eigenvalue weighted by atomic mass is 35.5. The number of fused-ring (bicyclic) bond motifs is 1. The second-order valence-corrected chi connectivity index (χ2v) is 5.36. The summed E-state index contributed by atoms with van der Waals surface area (Å²) in [7, 11) is 0. The van der Waals surface area contributed by atoms with E-state index in [2.05, 4.69) is 56.3 Å². The Bertz CT molecular complexity index is 482. The van der Waals surface area contributed by atoms with E-state index in [1.54, 1.807) is 0 Å². The number of benzene rings is 2. The average molecular weight is 247 g/mol. The van der Waals surface area contributed by atoms with E-state index in [1.807, 2.05) is 0 Å². The summed E-state index contributed by atoms with van der Waals surface area (Å²) in [5, 5.41) is 2.66. The maximum atomic E-state index is 6.15. The van der Waals surface area contributed by atoms with Crippen LogP contribution in [0.25, 0.3) is 10.8 Å². The molecule has 1 unspecified atom stereocenters. The number of alkyl halides is 1. The van der Waals surface area contributed by atoms with Crippen molar-refractivity contribution in [3.63, 3.8) is 0 Å². The van der Waals surface area contributed by atoms with Crippen molar-refractivity contribution in [2.45, 2.75) is 26.2 Å². The van der Waals surface area contributed by atoms with E-state index in [4.69, 9.17) is 11.6 Å². The first-order valence-electron chi connectivity index (χ1n) is 6.26. The molecule has 0 spiro atoms. The Morgan fingerprint density at radius 1 is 1.00 bits per heavy atom. The molecule has 0 saturated heterocycles. The lowest BCUT2D eigenvalue weighted by Crippen LogP contribution is -2.05. The molecule has 0 bridgehead atoms. The fraction of sp³-hybridized carbons (Fsp3) is 0.375. The molecule has 0 aliphatic carbocycles. The summed E-state index contributed by atoms with van der Waals surface area (Å²) < 4.78 is 0. The molecule has 0 amide bonds. The number of rotatable bonds is 4. The van der Waals surface area contributed by atoms with Gasteiger partial charge in [-0.1, -0.05) is 56.3 Å². The number of halogens is 1. The van der Waals surface area contributed by atoms with Gasteiger partial charge in [0.15, 0.2) is 0 Å².